The van der Waals surface area contributed by atoms with Gasteiger partial charge in [0.05, 0.1) is 23.4 Å². The van der Waals surface area contributed by atoms with E-state index in [2.05, 4.69) is 9.89 Å². The lowest BCUT2D eigenvalue weighted by molar-refractivity contribution is 0.107. The van der Waals surface area contributed by atoms with E-state index in [0.29, 0.717) is 29.2 Å². The predicted octanol–water partition coefficient (Wildman–Crippen LogP) is 4.11. The van der Waals surface area contributed by atoms with Crippen LogP contribution in [0.1, 0.15) is 35.2 Å². The SMILES string of the molecule is O=C1C(c2c(O)n(CN3CCCCC3)c3ccccc23)=Nc2ccccc21. The largest absolute Gasteiger partial charge is 0.494 e. The van der Waals surface area contributed by atoms with Gasteiger partial charge in [-0.2, -0.15) is 0 Å². The lowest BCUT2D eigenvalue weighted by Crippen LogP contribution is -2.31. The molecule has 2 aliphatic heterocycles. The summed E-state index contributed by atoms with van der Waals surface area (Å²) < 4.78 is 1.91. The summed E-state index contributed by atoms with van der Waals surface area (Å²) >= 11 is 0. The van der Waals surface area contributed by atoms with Crippen molar-refractivity contribution in [3.63, 3.8) is 0 Å². The summed E-state index contributed by atoms with van der Waals surface area (Å²) in [6, 6.07) is 15.2. The van der Waals surface area contributed by atoms with E-state index < -0.39 is 0 Å². The Hall–Kier alpha value is -2.92. The Balaban J connectivity index is 1.64. The summed E-state index contributed by atoms with van der Waals surface area (Å²) in [5, 5.41) is 12.0. The molecule has 1 fully saturated rings. The fourth-order valence-corrected chi connectivity index (χ4v) is 4.20. The van der Waals surface area contributed by atoms with Crippen molar-refractivity contribution >= 4 is 28.1 Å². The van der Waals surface area contributed by atoms with Gasteiger partial charge in [0.2, 0.25) is 11.7 Å². The maximum absolute atomic E-state index is 12.9. The van der Waals surface area contributed by atoms with E-state index in [0.717, 1.165) is 24.0 Å². The number of ketones is 1. The number of fused-ring (bicyclic) bond motifs is 2. The van der Waals surface area contributed by atoms with Gasteiger partial charge in [0.25, 0.3) is 0 Å². The van der Waals surface area contributed by atoms with Crippen molar-refractivity contribution < 1.29 is 9.90 Å². The van der Waals surface area contributed by atoms with Crippen LogP contribution in [0.5, 0.6) is 5.88 Å². The fourth-order valence-electron chi connectivity index (χ4n) is 4.20. The molecule has 0 bridgehead atoms. The maximum atomic E-state index is 12.9. The highest BCUT2D eigenvalue weighted by atomic mass is 16.3. The van der Waals surface area contributed by atoms with Gasteiger partial charge in [-0.15, -0.1) is 0 Å². The van der Waals surface area contributed by atoms with E-state index in [4.69, 9.17) is 0 Å². The third kappa shape index (κ3) is 2.58. The van der Waals surface area contributed by atoms with Crippen molar-refractivity contribution in [1.29, 1.82) is 0 Å². The van der Waals surface area contributed by atoms with E-state index in [1.54, 1.807) is 6.07 Å². The Bertz CT molecular complexity index is 1070. The molecule has 136 valence electrons. The number of Topliss-reactive ketones (excluding diaryl/α,β-unsaturated/α-hetero) is 1. The van der Waals surface area contributed by atoms with Crippen LogP contribution in [-0.2, 0) is 6.67 Å². The first-order valence-electron chi connectivity index (χ1n) is 9.49. The molecule has 27 heavy (non-hydrogen) atoms. The zero-order valence-corrected chi connectivity index (χ0v) is 15.1. The molecule has 3 heterocycles. The van der Waals surface area contributed by atoms with Gasteiger partial charge < -0.3 is 5.11 Å². The predicted molar refractivity (Wildman–Crippen MR) is 106 cm³/mol. The number of carbonyl (C=O) groups excluding carboxylic acids is 1. The number of piperidine rings is 1. The number of aromatic hydroxyl groups is 1. The van der Waals surface area contributed by atoms with Crippen LogP contribution in [0.2, 0.25) is 0 Å². The molecule has 1 aromatic heterocycles. The number of aliphatic imine (C=N–C) groups is 1. The molecule has 5 rings (SSSR count). The van der Waals surface area contributed by atoms with Crippen LogP contribution in [0.4, 0.5) is 5.69 Å². The lowest BCUT2D eigenvalue weighted by Gasteiger charge is -2.27. The minimum absolute atomic E-state index is 0.123. The molecular weight excluding hydrogens is 338 g/mol. The molecule has 0 amide bonds. The second kappa shape index (κ2) is 6.35. The van der Waals surface area contributed by atoms with Crippen molar-refractivity contribution in [1.82, 2.24) is 9.47 Å². The first-order chi connectivity index (χ1) is 13.2. The fraction of sp³-hybridized carbons (Fsp3) is 0.273. The Morgan fingerprint density at radius 2 is 1.70 bits per heavy atom. The number of aromatic nitrogens is 1. The standard InChI is InChI=1S/C22H21N3O2/c26-21-15-8-2-4-10-17(15)23-20(21)19-16-9-3-5-11-18(16)25(22(19)27)14-24-12-6-1-7-13-24/h2-5,8-11,27H,1,6-7,12-14H2. The number of hydrogen-bond acceptors (Lipinski definition) is 4. The van der Waals surface area contributed by atoms with Crippen LogP contribution < -0.4 is 0 Å². The van der Waals surface area contributed by atoms with Crippen LogP contribution in [0.25, 0.3) is 10.9 Å². The topological polar surface area (TPSA) is 57.8 Å². The monoisotopic (exact) mass is 359 g/mol. The van der Waals surface area contributed by atoms with Gasteiger partial charge in [0.1, 0.15) is 5.71 Å². The molecule has 5 heteroatoms. The number of benzene rings is 2. The second-order valence-electron chi connectivity index (χ2n) is 7.27. The van der Waals surface area contributed by atoms with Gasteiger partial charge in [-0.05, 0) is 44.1 Å². The van der Waals surface area contributed by atoms with Crippen LogP contribution in [0, 0.1) is 0 Å². The average molecular weight is 359 g/mol. The van der Waals surface area contributed by atoms with Gasteiger partial charge in [0.15, 0.2) is 0 Å². The van der Waals surface area contributed by atoms with Gasteiger partial charge >= 0.3 is 0 Å². The Labute approximate surface area is 157 Å². The zero-order chi connectivity index (χ0) is 18.4. The molecule has 0 atom stereocenters. The van der Waals surface area contributed by atoms with Crippen molar-refractivity contribution in [3.05, 3.63) is 59.7 Å². The van der Waals surface area contributed by atoms with Crippen molar-refractivity contribution in [2.24, 2.45) is 4.99 Å². The van der Waals surface area contributed by atoms with Gasteiger partial charge in [-0.3, -0.25) is 14.3 Å². The average Bonchev–Trinajstić information content (AvgIpc) is 3.18. The first kappa shape index (κ1) is 16.3. The molecule has 1 N–H and O–H groups in total. The second-order valence-corrected chi connectivity index (χ2v) is 7.27. The van der Waals surface area contributed by atoms with Crippen LogP contribution in [0.15, 0.2) is 53.5 Å². The van der Waals surface area contributed by atoms with Crippen LogP contribution in [-0.4, -0.2) is 39.2 Å². The number of nitrogens with zero attached hydrogens (tertiary/aromatic N) is 3. The molecule has 2 aliphatic rings. The van der Waals surface area contributed by atoms with E-state index in [1.807, 2.05) is 47.0 Å². The maximum Gasteiger partial charge on any atom is 0.214 e. The number of carbonyl (C=O) groups is 1. The number of likely N-dealkylation sites (tertiary alicyclic amines) is 1. The van der Waals surface area contributed by atoms with Crippen molar-refractivity contribution in [3.8, 4) is 5.88 Å². The Kier molecular flexibility index (Phi) is 3.83. The summed E-state index contributed by atoms with van der Waals surface area (Å²) in [6.45, 7) is 2.69. The Morgan fingerprint density at radius 1 is 0.963 bits per heavy atom. The normalized spacial score (nSPS) is 17.3. The summed E-state index contributed by atoms with van der Waals surface area (Å²) in [6.07, 6.45) is 3.64. The number of para-hydroxylation sites is 2. The summed E-state index contributed by atoms with van der Waals surface area (Å²) in [4.78, 5) is 19.8. The molecule has 2 aromatic carbocycles. The molecule has 0 saturated carbocycles. The first-order valence-corrected chi connectivity index (χ1v) is 9.49. The molecule has 0 aliphatic carbocycles. The summed E-state index contributed by atoms with van der Waals surface area (Å²) in [5.74, 6) is 0.00320. The number of rotatable bonds is 3. The lowest BCUT2D eigenvalue weighted by atomic mass is 10.0. The van der Waals surface area contributed by atoms with Crippen LogP contribution in [0.3, 0.4) is 0 Å². The molecule has 1 saturated heterocycles. The van der Waals surface area contributed by atoms with E-state index in [-0.39, 0.29) is 11.7 Å². The van der Waals surface area contributed by atoms with Gasteiger partial charge in [0, 0.05) is 10.9 Å². The molecule has 0 unspecified atom stereocenters. The number of hydrogen-bond donors (Lipinski definition) is 1. The van der Waals surface area contributed by atoms with Gasteiger partial charge in [-0.25, -0.2) is 4.99 Å². The minimum Gasteiger partial charge on any atom is -0.494 e. The van der Waals surface area contributed by atoms with Crippen molar-refractivity contribution in [2.45, 2.75) is 25.9 Å². The van der Waals surface area contributed by atoms with E-state index in [9.17, 15) is 9.90 Å². The molecule has 0 radical (unpaired) electrons. The highest BCUT2D eigenvalue weighted by Gasteiger charge is 2.31. The summed E-state index contributed by atoms with van der Waals surface area (Å²) in [5.41, 5.74) is 3.08. The highest BCUT2D eigenvalue weighted by molar-refractivity contribution is 6.56. The Morgan fingerprint density at radius 3 is 2.52 bits per heavy atom. The molecule has 0 spiro atoms. The highest BCUT2D eigenvalue weighted by Crippen LogP contribution is 2.37. The molecular formula is C22H21N3O2. The molecule has 5 nitrogen and oxygen atoms in total. The third-order valence-electron chi connectivity index (χ3n) is 5.57. The molecule has 3 aromatic rings. The van der Waals surface area contributed by atoms with Crippen molar-refractivity contribution in [2.75, 3.05) is 13.1 Å². The third-order valence-corrected chi connectivity index (χ3v) is 5.57. The van der Waals surface area contributed by atoms with E-state index >= 15 is 0 Å². The van der Waals surface area contributed by atoms with E-state index in [1.165, 1.54) is 19.3 Å². The minimum atomic E-state index is -0.123. The van der Waals surface area contributed by atoms with Gasteiger partial charge in [-0.1, -0.05) is 36.8 Å². The summed E-state index contributed by atoms with van der Waals surface area (Å²) in [7, 11) is 0. The quantitative estimate of drug-likeness (QED) is 0.766. The van der Waals surface area contributed by atoms with Crippen LogP contribution >= 0.6 is 0 Å². The smallest absolute Gasteiger partial charge is 0.214 e. The zero-order valence-electron chi connectivity index (χ0n) is 15.1.